The molecule has 3 N–H and O–H groups in total. The molecular weight excluding hydrogens is 254 g/mol. The summed E-state index contributed by atoms with van der Waals surface area (Å²) in [6, 6.07) is 0.292. The van der Waals surface area contributed by atoms with Crippen LogP contribution >= 0.6 is 23.5 Å². The number of urea groups is 1. The average Bonchev–Trinajstić information content (AvgIpc) is 2.38. The number of carbonyl (C=O) groups is 1. The van der Waals surface area contributed by atoms with Gasteiger partial charge in [0.15, 0.2) is 0 Å². The molecule has 4 nitrogen and oxygen atoms in total. The molecule has 1 unspecified atom stereocenters. The number of nitrogens with one attached hydrogen (secondary N) is 1. The molecule has 2 heterocycles. The Kier molecular flexibility index (Phi) is 5.31. The SMILES string of the molecule is NC(=O)N1CCC(NCC2CSCCS2)CC1. The van der Waals surface area contributed by atoms with Crippen molar-refractivity contribution in [3.8, 4) is 0 Å². The third kappa shape index (κ3) is 4.26. The van der Waals surface area contributed by atoms with Crippen LogP contribution < -0.4 is 11.1 Å². The summed E-state index contributed by atoms with van der Waals surface area (Å²) < 4.78 is 0. The lowest BCUT2D eigenvalue weighted by Gasteiger charge is -2.32. The third-order valence-electron chi connectivity index (χ3n) is 3.33. The van der Waals surface area contributed by atoms with E-state index in [1.54, 1.807) is 4.90 Å². The first-order chi connectivity index (χ1) is 8.25. The van der Waals surface area contributed by atoms with Crippen molar-refractivity contribution in [2.45, 2.75) is 24.1 Å². The second-order valence-corrected chi connectivity index (χ2v) is 7.13. The topological polar surface area (TPSA) is 58.4 Å². The molecule has 2 amide bonds. The second-order valence-electron chi connectivity index (χ2n) is 4.58. The summed E-state index contributed by atoms with van der Waals surface area (Å²) in [6.07, 6.45) is 2.07. The van der Waals surface area contributed by atoms with Crippen LogP contribution in [0, 0.1) is 0 Å². The number of amides is 2. The monoisotopic (exact) mass is 275 g/mol. The molecule has 2 aliphatic heterocycles. The van der Waals surface area contributed by atoms with Crippen molar-refractivity contribution in [2.75, 3.05) is 36.9 Å². The number of primary amides is 1. The summed E-state index contributed by atoms with van der Waals surface area (Å²) in [4.78, 5) is 12.7. The molecule has 0 aromatic heterocycles. The average molecular weight is 275 g/mol. The quantitative estimate of drug-likeness (QED) is 0.806. The van der Waals surface area contributed by atoms with Gasteiger partial charge in [0.25, 0.3) is 0 Å². The fraction of sp³-hybridized carbons (Fsp3) is 0.909. The Bertz CT molecular complexity index is 251. The number of likely N-dealkylation sites (tertiary alicyclic amines) is 1. The van der Waals surface area contributed by atoms with Gasteiger partial charge in [0, 0.05) is 48.2 Å². The van der Waals surface area contributed by atoms with Crippen LogP contribution in [0.1, 0.15) is 12.8 Å². The van der Waals surface area contributed by atoms with E-state index in [1.807, 2.05) is 0 Å². The van der Waals surface area contributed by atoms with Crippen molar-refractivity contribution in [3.63, 3.8) is 0 Å². The standard InChI is InChI=1S/C11H21N3OS2/c12-11(15)14-3-1-9(2-4-14)13-7-10-8-16-5-6-17-10/h9-10,13H,1-8H2,(H2,12,15). The molecule has 2 fully saturated rings. The van der Waals surface area contributed by atoms with Gasteiger partial charge in [0.2, 0.25) is 0 Å². The van der Waals surface area contributed by atoms with Gasteiger partial charge < -0.3 is 16.0 Å². The lowest BCUT2D eigenvalue weighted by molar-refractivity contribution is 0.185. The van der Waals surface area contributed by atoms with Crippen LogP contribution in [-0.4, -0.2) is 59.1 Å². The highest BCUT2D eigenvalue weighted by Gasteiger charge is 2.22. The molecule has 2 aliphatic rings. The number of carbonyl (C=O) groups excluding carboxylic acids is 1. The zero-order valence-electron chi connectivity index (χ0n) is 10.1. The normalized spacial score (nSPS) is 27.1. The first kappa shape index (κ1) is 13.4. The van der Waals surface area contributed by atoms with Crippen LogP contribution in [0.4, 0.5) is 4.79 Å². The van der Waals surface area contributed by atoms with Crippen molar-refractivity contribution in [1.82, 2.24) is 10.2 Å². The van der Waals surface area contributed by atoms with E-state index in [0.29, 0.717) is 6.04 Å². The van der Waals surface area contributed by atoms with E-state index in [4.69, 9.17) is 5.73 Å². The lowest BCUT2D eigenvalue weighted by atomic mass is 10.1. The maximum atomic E-state index is 11.0. The van der Waals surface area contributed by atoms with Crippen LogP contribution in [0.3, 0.4) is 0 Å². The van der Waals surface area contributed by atoms with Crippen LogP contribution in [-0.2, 0) is 0 Å². The minimum atomic E-state index is -0.275. The molecule has 98 valence electrons. The summed E-state index contributed by atoms with van der Waals surface area (Å²) in [5.74, 6) is 3.87. The van der Waals surface area contributed by atoms with Crippen LogP contribution in [0.2, 0.25) is 0 Å². The summed E-state index contributed by atoms with van der Waals surface area (Å²) >= 11 is 4.15. The fourth-order valence-electron chi connectivity index (χ4n) is 2.26. The molecule has 0 radical (unpaired) electrons. The largest absolute Gasteiger partial charge is 0.351 e. The zero-order chi connectivity index (χ0) is 12.1. The summed E-state index contributed by atoms with van der Waals surface area (Å²) in [7, 11) is 0. The van der Waals surface area contributed by atoms with Gasteiger partial charge in [-0.25, -0.2) is 4.79 Å². The van der Waals surface area contributed by atoms with Crippen LogP contribution in [0.5, 0.6) is 0 Å². The van der Waals surface area contributed by atoms with Gasteiger partial charge >= 0.3 is 6.03 Å². The maximum absolute atomic E-state index is 11.0. The molecule has 0 bridgehead atoms. The molecule has 1 atom stereocenters. The van der Waals surface area contributed by atoms with Crippen molar-refractivity contribution in [1.29, 1.82) is 0 Å². The van der Waals surface area contributed by atoms with Gasteiger partial charge in [0.05, 0.1) is 0 Å². The molecule has 17 heavy (non-hydrogen) atoms. The van der Waals surface area contributed by atoms with E-state index in [1.165, 1.54) is 17.3 Å². The summed E-state index contributed by atoms with van der Waals surface area (Å²) in [6.45, 7) is 2.72. The van der Waals surface area contributed by atoms with E-state index in [0.717, 1.165) is 37.7 Å². The highest BCUT2D eigenvalue weighted by atomic mass is 32.2. The molecule has 2 rings (SSSR count). The minimum Gasteiger partial charge on any atom is -0.351 e. The maximum Gasteiger partial charge on any atom is 0.314 e. The molecule has 0 aromatic rings. The van der Waals surface area contributed by atoms with E-state index in [2.05, 4.69) is 28.8 Å². The smallest absolute Gasteiger partial charge is 0.314 e. The van der Waals surface area contributed by atoms with Gasteiger partial charge in [-0.2, -0.15) is 23.5 Å². The number of hydrogen-bond donors (Lipinski definition) is 2. The number of hydrogen-bond acceptors (Lipinski definition) is 4. The van der Waals surface area contributed by atoms with E-state index < -0.39 is 0 Å². The predicted octanol–water partition coefficient (Wildman–Crippen LogP) is 0.968. The Morgan fingerprint density at radius 1 is 1.35 bits per heavy atom. The predicted molar refractivity (Wildman–Crippen MR) is 75.8 cm³/mol. The second kappa shape index (κ2) is 6.75. The molecule has 0 spiro atoms. The Morgan fingerprint density at radius 3 is 2.71 bits per heavy atom. The summed E-state index contributed by atoms with van der Waals surface area (Å²) in [5.41, 5.74) is 5.26. The van der Waals surface area contributed by atoms with Crippen LogP contribution in [0.25, 0.3) is 0 Å². The van der Waals surface area contributed by atoms with Gasteiger partial charge in [-0.3, -0.25) is 0 Å². The van der Waals surface area contributed by atoms with Gasteiger partial charge in [-0.15, -0.1) is 0 Å². The summed E-state index contributed by atoms with van der Waals surface area (Å²) in [5, 5.41) is 4.40. The Balaban J connectivity index is 1.62. The number of thioether (sulfide) groups is 2. The van der Waals surface area contributed by atoms with E-state index in [-0.39, 0.29) is 6.03 Å². The highest BCUT2D eigenvalue weighted by Crippen LogP contribution is 2.23. The minimum absolute atomic E-state index is 0.275. The highest BCUT2D eigenvalue weighted by molar-refractivity contribution is 8.06. The number of nitrogens with zero attached hydrogens (tertiary/aromatic N) is 1. The third-order valence-corrected chi connectivity index (χ3v) is 6.17. The van der Waals surface area contributed by atoms with E-state index >= 15 is 0 Å². The lowest BCUT2D eigenvalue weighted by Crippen LogP contribution is -2.48. The van der Waals surface area contributed by atoms with Crippen molar-refractivity contribution < 1.29 is 4.79 Å². The molecule has 0 saturated carbocycles. The number of nitrogens with two attached hydrogens (primary N) is 1. The van der Waals surface area contributed by atoms with Gasteiger partial charge in [0.1, 0.15) is 0 Å². The van der Waals surface area contributed by atoms with Gasteiger partial charge in [-0.05, 0) is 12.8 Å². The Morgan fingerprint density at radius 2 is 2.12 bits per heavy atom. The molecule has 0 aliphatic carbocycles. The molecule has 0 aromatic carbocycles. The molecular formula is C11H21N3OS2. The van der Waals surface area contributed by atoms with Crippen molar-refractivity contribution in [3.05, 3.63) is 0 Å². The molecule has 6 heteroatoms. The Hall–Kier alpha value is -0.0700. The van der Waals surface area contributed by atoms with Crippen molar-refractivity contribution in [2.24, 2.45) is 5.73 Å². The van der Waals surface area contributed by atoms with Crippen molar-refractivity contribution >= 4 is 29.6 Å². The zero-order valence-corrected chi connectivity index (χ0v) is 11.7. The van der Waals surface area contributed by atoms with Crippen LogP contribution in [0.15, 0.2) is 0 Å². The first-order valence-corrected chi connectivity index (χ1v) is 8.43. The number of rotatable bonds is 3. The first-order valence-electron chi connectivity index (χ1n) is 6.23. The Labute approximate surface area is 111 Å². The number of piperidine rings is 1. The fourth-order valence-corrected chi connectivity index (χ4v) is 4.88. The molecule has 2 saturated heterocycles. The van der Waals surface area contributed by atoms with E-state index in [9.17, 15) is 4.79 Å². The van der Waals surface area contributed by atoms with Gasteiger partial charge in [-0.1, -0.05) is 0 Å².